The van der Waals surface area contributed by atoms with Crippen LogP contribution >= 0.6 is 11.6 Å². The topological polar surface area (TPSA) is 48.1 Å². The van der Waals surface area contributed by atoms with E-state index in [4.69, 9.17) is 11.6 Å². The Labute approximate surface area is 183 Å². The quantitative estimate of drug-likeness (QED) is 0.509. The van der Waals surface area contributed by atoms with Crippen LogP contribution in [0.25, 0.3) is 10.9 Å². The third-order valence-corrected chi connectivity index (χ3v) is 6.30. The van der Waals surface area contributed by atoms with E-state index < -0.39 is 23.7 Å². The minimum absolute atomic E-state index is 0.0299. The van der Waals surface area contributed by atoms with Crippen LogP contribution in [-0.2, 0) is 11.0 Å². The molecule has 0 saturated carbocycles. The van der Waals surface area contributed by atoms with Gasteiger partial charge in [-0.05, 0) is 68.6 Å². The molecule has 1 aliphatic rings. The number of carbonyl (C=O) groups is 1. The van der Waals surface area contributed by atoms with Crippen LogP contribution in [0.4, 0.5) is 18.9 Å². The van der Waals surface area contributed by atoms with E-state index in [9.17, 15) is 18.0 Å². The maximum Gasteiger partial charge on any atom is 0.418 e. The zero-order valence-electron chi connectivity index (χ0n) is 17.0. The Balaban J connectivity index is 1.41. The van der Waals surface area contributed by atoms with Crippen molar-refractivity contribution in [2.24, 2.45) is 0 Å². The van der Waals surface area contributed by atoms with Crippen LogP contribution in [0.3, 0.4) is 0 Å². The first-order chi connectivity index (χ1) is 14.7. The number of nitrogens with zero attached hydrogens (tertiary/aromatic N) is 1. The Bertz CT molecular complexity index is 1090. The van der Waals surface area contributed by atoms with Crippen molar-refractivity contribution in [1.82, 2.24) is 9.88 Å². The van der Waals surface area contributed by atoms with Gasteiger partial charge in [-0.3, -0.25) is 9.69 Å². The molecule has 8 heteroatoms. The lowest BCUT2D eigenvalue weighted by Gasteiger charge is -2.35. The molecule has 1 aliphatic heterocycles. The second-order valence-corrected chi connectivity index (χ2v) is 8.39. The molecular weight excluding hydrogens is 427 g/mol. The lowest BCUT2D eigenvalue weighted by atomic mass is 9.88. The second-order valence-electron chi connectivity index (χ2n) is 7.95. The van der Waals surface area contributed by atoms with Gasteiger partial charge in [-0.25, -0.2) is 0 Å². The third kappa shape index (κ3) is 4.57. The van der Waals surface area contributed by atoms with Crippen molar-refractivity contribution in [3.05, 3.63) is 64.8 Å². The Kier molecular flexibility index (Phi) is 5.99. The van der Waals surface area contributed by atoms with E-state index in [0.29, 0.717) is 19.0 Å². The summed E-state index contributed by atoms with van der Waals surface area (Å²) in [5.41, 5.74) is 1.17. The number of benzene rings is 2. The van der Waals surface area contributed by atoms with Gasteiger partial charge in [0, 0.05) is 22.1 Å². The third-order valence-electron chi connectivity index (χ3n) is 6.06. The van der Waals surface area contributed by atoms with Gasteiger partial charge in [-0.2, -0.15) is 13.2 Å². The second kappa shape index (κ2) is 8.55. The summed E-state index contributed by atoms with van der Waals surface area (Å²) in [5, 5.41) is 3.63. The monoisotopic (exact) mass is 449 g/mol. The minimum atomic E-state index is -4.60. The normalized spacial score (nSPS) is 17.1. The molecule has 1 aromatic heterocycles. The van der Waals surface area contributed by atoms with Crippen molar-refractivity contribution in [3.63, 3.8) is 0 Å². The average Bonchev–Trinajstić information content (AvgIpc) is 3.18. The van der Waals surface area contributed by atoms with E-state index in [-0.39, 0.29) is 10.7 Å². The van der Waals surface area contributed by atoms with Gasteiger partial charge in [0.05, 0.1) is 17.3 Å². The molecule has 31 heavy (non-hydrogen) atoms. The van der Waals surface area contributed by atoms with Crippen molar-refractivity contribution in [2.75, 3.05) is 18.4 Å². The van der Waals surface area contributed by atoms with Gasteiger partial charge < -0.3 is 10.3 Å². The Morgan fingerprint density at radius 3 is 2.61 bits per heavy atom. The number of likely N-dealkylation sites (tertiary alicyclic amines) is 1. The lowest BCUT2D eigenvalue weighted by Crippen LogP contribution is -2.45. The van der Waals surface area contributed by atoms with Gasteiger partial charge >= 0.3 is 6.18 Å². The molecule has 1 unspecified atom stereocenters. The van der Waals surface area contributed by atoms with Crippen LogP contribution in [0.15, 0.2) is 48.7 Å². The van der Waals surface area contributed by atoms with Crippen LogP contribution < -0.4 is 5.32 Å². The molecule has 2 aromatic carbocycles. The van der Waals surface area contributed by atoms with E-state index in [1.54, 1.807) is 6.92 Å². The highest BCUT2D eigenvalue weighted by Gasteiger charge is 2.35. The fourth-order valence-electron chi connectivity index (χ4n) is 4.29. The summed E-state index contributed by atoms with van der Waals surface area (Å²) in [6.07, 6.45) is -0.781. The molecule has 0 spiro atoms. The Morgan fingerprint density at radius 2 is 1.90 bits per heavy atom. The van der Waals surface area contributed by atoms with Crippen molar-refractivity contribution >= 4 is 34.1 Å². The highest BCUT2D eigenvalue weighted by atomic mass is 35.5. The van der Waals surface area contributed by atoms with E-state index >= 15 is 0 Å². The van der Waals surface area contributed by atoms with Crippen molar-refractivity contribution in [1.29, 1.82) is 0 Å². The standard InChI is InChI=1S/C23H23ClF3N3O/c1-14(22(31)29-21-7-6-16(24)12-19(21)23(25,26)27)30-10-8-15(9-11-30)18-13-28-20-5-3-2-4-17(18)20/h2-7,12-15,28H,8-11H2,1H3,(H,29,31). The summed E-state index contributed by atoms with van der Waals surface area (Å²) in [5.74, 6) is -0.0749. The molecule has 4 nitrogen and oxygen atoms in total. The summed E-state index contributed by atoms with van der Waals surface area (Å²) in [6, 6.07) is 11.0. The average molecular weight is 450 g/mol. The van der Waals surface area contributed by atoms with Gasteiger partial charge in [0.1, 0.15) is 0 Å². The fraction of sp³-hybridized carbons (Fsp3) is 0.348. The predicted octanol–water partition coefficient (Wildman–Crippen LogP) is 6.05. The number of fused-ring (bicyclic) bond motifs is 1. The smallest absolute Gasteiger partial charge is 0.361 e. The molecule has 2 heterocycles. The first-order valence-electron chi connectivity index (χ1n) is 10.2. The molecule has 1 saturated heterocycles. The number of hydrogen-bond acceptors (Lipinski definition) is 2. The van der Waals surface area contributed by atoms with Crippen LogP contribution in [0.2, 0.25) is 5.02 Å². The molecule has 164 valence electrons. The summed E-state index contributed by atoms with van der Waals surface area (Å²) in [6.45, 7) is 3.13. The van der Waals surface area contributed by atoms with Gasteiger partial charge in [-0.1, -0.05) is 29.8 Å². The summed E-state index contributed by atoms with van der Waals surface area (Å²) < 4.78 is 39.9. The number of nitrogens with one attached hydrogen (secondary N) is 2. The van der Waals surface area contributed by atoms with Crippen molar-refractivity contribution in [2.45, 2.75) is 37.9 Å². The maximum absolute atomic E-state index is 13.3. The number of hydrogen-bond donors (Lipinski definition) is 2. The first kappa shape index (κ1) is 21.7. The number of aromatic amines is 1. The lowest BCUT2D eigenvalue weighted by molar-refractivity contribution is -0.137. The molecule has 0 bridgehead atoms. The zero-order valence-corrected chi connectivity index (χ0v) is 17.7. The molecule has 4 rings (SSSR count). The molecule has 1 amide bonds. The molecular formula is C23H23ClF3N3O. The number of aromatic nitrogens is 1. The maximum atomic E-state index is 13.3. The summed E-state index contributed by atoms with van der Waals surface area (Å²) in [7, 11) is 0. The fourth-order valence-corrected chi connectivity index (χ4v) is 4.46. The van der Waals surface area contributed by atoms with Crippen molar-refractivity contribution in [3.8, 4) is 0 Å². The van der Waals surface area contributed by atoms with Gasteiger partial charge in [0.15, 0.2) is 0 Å². The number of H-pyrrole nitrogens is 1. The number of amides is 1. The zero-order chi connectivity index (χ0) is 22.2. The van der Waals surface area contributed by atoms with E-state index in [1.165, 1.54) is 23.1 Å². The molecule has 3 aromatic rings. The van der Waals surface area contributed by atoms with Crippen LogP contribution in [-0.4, -0.2) is 34.9 Å². The molecule has 0 aliphatic carbocycles. The molecule has 0 radical (unpaired) electrons. The first-order valence-corrected chi connectivity index (χ1v) is 10.6. The number of halogens is 4. The number of rotatable bonds is 4. The van der Waals surface area contributed by atoms with E-state index in [2.05, 4.69) is 22.6 Å². The largest absolute Gasteiger partial charge is 0.418 e. The number of anilines is 1. The highest BCUT2D eigenvalue weighted by molar-refractivity contribution is 6.30. The van der Waals surface area contributed by atoms with Crippen LogP contribution in [0.5, 0.6) is 0 Å². The number of para-hydroxylation sites is 1. The van der Waals surface area contributed by atoms with Crippen LogP contribution in [0, 0.1) is 0 Å². The van der Waals surface area contributed by atoms with Crippen molar-refractivity contribution < 1.29 is 18.0 Å². The predicted molar refractivity (Wildman–Crippen MR) is 116 cm³/mol. The number of alkyl halides is 3. The van der Waals surface area contributed by atoms with E-state index in [1.807, 2.05) is 23.1 Å². The molecule has 1 atom stereocenters. The van der Waals surface area contributed by atoms with Crippen LogP contribution in [0.1, 0.15) is 36.8 Å². The number of carbonyl (C=O) groups excluding carboxylic acids is 1. The Hall–Kier alpha value is -2.51. The molecule has 2 N–H and O–H groups in total. The highest BCUT2D eigenvalue weighted by Crippen LogP contribution is 2.37. The van der Waals surface area contributed by atoms with Gasteiger partial charge in [0.2, 0.25) is 5.91 Å². The summed E-state index contributed by atoms with van der Waals surface area (Å²) in [4.78, 5) is 18.0. The SMILES string of the molecule is CC(C(=O)Nc1ccc(Cl)cc1C(F)(F)F)N1CCC(c2c[nH]c3ccccc23)CC1. The van der Waals surface area contributed by atoms with Gasteiger partial charge in [0.25, 0.3) is 0 Å². The van der Waals surface area contributed by atoms with E-state index in [0.717, 1.165) is 24.4 Å². The summed E-state index contributed by atoms with van der Waals surface area (Å²) >= 11 is 5.71. The molecule has 1 fully saturated rings. The number of piperidine rings is 1. The Morgan fingerprint density at radius 1 is 1.19 bits per heavy atom. The minimum Gasteiger partial charge on any atom is -0.361 e. The van der Waals surface area contributed by atoms with Gasteiger partial charge in [-0.15, -0.1) is 0 Å².